The van der Waals surface area contributed by atoms with E-state index in [1.165, 1.54) is 0 Å². The van der Waals surface area contributed by atoms with Gasteiger partial charge in [0.1, 0.15) is 6.10 Å². The average Bonchev–Trinajstić information content (AvgIpc) is 2.47. The second-order valence-electron chi connectivity index (χ2n) is 3.49. The van der Waals surface area contributed by atoms with E-state index >= 15 is 0 Å². The van der Waals surface area contributed by atoms with Crippen LogP contribution >= 0.6 is 0 Å². The number of hydrogen-bond donors (Lipinski definition) is 0. The van der Waals surface area contributed by atoms with Crippen molar-refractivity contribution in [2.75, 3.05) is 7.05 Å². The molecule has 1 fully saturated rings. The molecular weight excluding hydrogens is 178 g/mol. The zero-order chi connectivity index (χ0) is 10.1. The number of carbonyl (C=O) groups is 1. The fourth-order valence-corrected chi connectivity index (χ4v) is 1.67. The van der Waals surface area contributed by atoms with Crippen LogP contribution in [0.5, 0.6) is 0 Å². The highest BCUT2D eigenvalue weighted by molar-refractivity contribution is 5.82. The summed E-state index contributed by atoms with van der Waals surface area (Å²) in [5.41, 5.74) is 1.02. The second-order valence-corrected chi connectivity index (χ2v) is 3.49. The number of ether oxygens (including phenoxy) is 1. The van der Waals surface area contributed by atoms with Crippen LogP contribution in [0.15, 0.2) is 30.3 Å². The normalized spacial score (nSPS) is 27.0. The van der Waals surface area contributed by atoms with Crippen LogP contribution in [0.3, 0.4) is 0 Å². The van der Waals surface area contributed by atoms with Gasteiger partial charge in [-0.15, -0.1) is 0 Å². The Morgan fingerprint density at radius 3 is 2.43 bits per heavy atom. The number of amides is 1. The quantitative estimate of drug-likeness (QED) is 0.674. The zero-order valence-corrected chi connectivity index (χ0v) is 8.31. The van der Waals surface area contributed by atoms with Crippen molar-refractivity contribution >= 4 is 5.91 Å². The van der Waals surface area contributed by atoms with Crippen LogP contribution in [-0.2, 0) is 9.53 Å². The van der Waals surface area contributed by atoms with Crippen LogP contribution in [0.2, 0.25) is 0 Å². The van der Waals surface area contributed by atoms with Gasteiger partial charge in [-0.25, -0.2) is 0 Å². The molecule has 1 aromatic rings. The molecule has 3 nitrogen and oxygen atoms in total. The van der Waals surface area contributed by atoms with Crippen LogP contribution in [0, 0.1) is 0 Å². The monoisotopic (exact) mass is 191 g/mol. The molecule has 1 heterocycles. The predicted octanol–water partition coefficient (Wildman–Crippen LogP) is 1.56. The molecule has 0 bridgehead atoms. The maximum Gasteiger partial charge on any atom is 0.253 e. The molecule has 2 atom stereocenters. The van der Waals surface area contributed by atoms with Crippen molar-refractivity contribution in [2.24, 2.45) is 0 Å². The molecule has 3 heteroatoms. The molecular formula is C11H13NO2. The van der Waals surface area contributed by atoms with Crippen molar-refractivity contribution in [3.8, 4) is 0 Å². The Hall–Kier alpha value is -1.35. The van der Waals surface area contributed by atoms with E-state index in [9.17, 15) is 4.79 Å². The summed E-state index contributed by atoms with van der Waals surface area (Å²) < 4.78 is 5.55. The van der Waals surface area contributed by atoms with Gasteiger partial charge in [0.05, 0.1) is 0 Å². The molecule has 0 saturated carbocycles. The van der Waals surface area contributed by atoms with E-state index < -0.39 is 0 Å². The highest BCUT2D eigenvalue weighted by Gasteiger charge is 2.35. The molecule has 0 aromatic heterocycles. The van der Waals surface area contributed by atoms with Gasteiger partial charge in [-0.05, 0) is 6.92 Å². The molecule has 74 valence electrons. The number of nitrogens with zero attached hydrogens (tertiary/aromatic N) is 1. The van der Waals surface area contributed by atoms with E-state index in [1.54, 1.807) is 18.9 Å². The average molecular weight is 191 g/mol. The predicted molar refractivity (Wildman–Crippen MR) is 52.5 cm³/mol. The Labute approximate surface area is 83.3 Å². The third-order valence-corrected chi connectivity index (χ3v) is 2.46. The lowest BCUT2D eigenvalue weighted by Gasteiger charge is -2.17. The van der Waals surface area contributed by atoms with Crippen molar-refractivity contribution in [3.05, 3.63) is 35.9 Å². The standard InChI is InChI=1S/C11H13NO2/c1-8-10(13)12(2)11(14-8)9-6-4-3-5-7-9/h3-8,11H,1-2H3/t8?,11-/m1/s1. The highest BCUT2D eigenvalue weighted by atomic mass is 16.5. The Morgan fingerprint density at radius 1 is 1.29 bits per heavy atom. The van der Waals surface area contributed by atoms with Crippen molar-refractivity contribution in [2.45, 2.75) is 19.3 Å². The number of benzene rings is 1. The van der Waals surface area contributed by atoms with E-state index in [0.717, 1.165) is 5.56 Å². The van der Waals surface area contributed by atoms with Crippen LogP contribution < -0.4 is 0 Å². The van der Waals surface area contributed by atoms with Gasteiger partial charge in [0.25, 0.3) is 5.91 Å². The summed E-state index contributed by atoms with van der Waals surface area (Å²) in [6.45, 7) is 1.78. The molecule has 1 aliphatic heterocycles. The molecule has 0 spiro atoms. The summed E-state index contributed by atoms with van der Waals surface area (Å²) in [5, 5.41) is 0. The van der Waals surface area contributed by atoms with Gasteiger partial charge in [-0.2, -0.15) is 0 Å². The lowest BCUT2D eigenvalue weighted by Crippen LogP contribution is -2.25. The van der Waals surface area contributed by atoms with Crippen molar-refractivity contribution in [3.63, 3.8) is 0 Å². The largest absolute Gasteiger partial charge is 0.341 e. The summed E-state index contributed by atoms with van der Waals surface area (Å²) >= 11 is 0. The summed E-state index contributed by atoms with van der Waals surface area (Å²) in [7, 11) is 1.77. The fraction of sp³-hybridized carbons (Fsp3) is 0.364. The highest BCUT2D eigenvalue weighted by Crippen LogP contribution is 2.28. The first-order valence-electron chi connectivity index (χ1n) is 4.67. The van der Waals surface area contributed by atoms with Crippen LogP contribution in [0.25, 0.3) is 0 Å². The molecule has 0 N–H and O–H groups in total. The maximum atomic E-state index is 11.5. The lowest BCUT2D eigenvalue weighted by atomic mass is 10.2. The summed E-state index contributed by atoms with van der Waals surface area (Å²) in [6.07, 6.45) is -0.552. The molecule has 1 saturated heterocycles. The minimum absolute atomic E-state index is 0.0406. The smallest absolute Gasteiger partial charge is 0.253 e. The van der Waals surface area contributed by atoms with Crippen molar-refractivity contribution in [1.29, 1.82) is 0 Å². The van der Waals surface area contributed by atoms with E-state index in [0.29, 0.717) is 0 Å². The summed E-state index contributed by atoms with van der Waals surface area (Å²) in [5.74, 6) is 0.0406. The summed E-state index contributed by atoms with van der Waals surface area (Å²) in [4.78, 5) is 13.1. The van der Waals surface area contributed by atoms with E-state index in [4.69, 9.17) is 4.74 Å². The lowest BCUT2D eigenvalue weighted by molar-refractivity contribution is -0.128. The third kappa shape index (κ3) is 1.40. The van der Waals surface area contributed by atoms with Gasteiger partial charge in [0, 0.05) is 12.6 Å². The maximum absolute atomic E-state index is 11.5. The molecule has 1 amide bonds. The Bertz CT molecular complexity index is 336. The van der Waals surface area contributed by atoms with E-state index in [2.05, 4.69) is 0 Å². The number of hydrogen-bond acceptors (Lipinski definition) is 2. The van der Waals surface area contributed by atoms with Gasteiger partial charge in [-0.1, -0.05) is 30.3 Å². The Balaban J connectivity index is 2.26. The fourth-order valence-electron chi connectivity index (χ4n) is 1.67. The molecule has 14 heavy (non-hydrogen) atoms. The molecule has 0 aliphatic carbocycles. The van der Waals surface area contributed by atoms with Crippen molar-refractivity contribution in [1.82, 2.24) is 4.90 Å². The summed E-state index contributed by atoms with van der Waals surface area (Å²) in [6, 6.07) is 9.77. The van der Waals surface area contributed by atoms with Crippen LogP contribution in [-0.4, -0.2) is 24.0 Å². The minimum Gasteiger partial charge on any atom is -0.341 e. The number of likely N-dealkylation sites (N-methyl/N-ethyl adjacent to an activating group) is 1. The number of carbonyl (C=O) groups excluding carboxylic acids is 1. The van der Waals surface area contributed by atoms with Crippen molar-refractivity contribution < 1.29 is 9.53 Å². The van der Waals surface area contributed by atoms with E-state index in [1.807, 2.05) is 30.3 Å². The van der Waals surface area contributed by atoms with Crippen LogP contribution in [0.1, 0.15) is 18.7 Å². The van der Waals surface area contributed by atoms with Gasteiger partial charge >= 0.3 is 0 Å². The van der Waals surface area contributed by atoms with Gasteiger partial charge < -0.3 is 9.64 Å². The molecule has 1 aliphatic rings. The second kappa shape index (κ2) is 3.42. The van der Waals surface area contributed by atoms with Gasteiger partial charge in [-0.3, -0.25) is 4.79 Å². The van der Waals surface area contributed by atoms with E-state index in [-0.39, 0.29) is 18.2 Å². The first kappa shape index (κ1) is 9.21. The Kier molecular flexibility index (Phi) is 2.25. The number of rotatable bonds is 1. The molecule has 2 rings (SSSR count). The van der Waals surface area contributed by atoms with Gasteiger partial charge in [0.2, 0.25) is 0 Å². The molecule has 0 radical (unpaired) electrons. The Morgan fingerprint density at radius 2 is 1.93 bits per heavy atom. The van der Waals surface area contributed by atoms with Crippen LogP contribution in [0.4, 0.5) is 0 Å². The molecule has 1 aromatic carbocycles. The minimum atomic E-state index is -0.329. The van der Waals surface area contributed by atoms with Gasteiger partial charge in [0.15, 0.2) is 6.23 Å². The molecule has 1 unspecified atom stereocenters. The first-order valence-corrected chi connectivity index (χ1v) is 4.67. The SMILES string of the molecule is CC1O[C@H](c2ccccc2)N(C)C1=O. The third-order valence-electron chi connectivity index (χ3n) is 2.46. The topological polar surface area (TPSA) is 29.5 Å². The first-order chi connectivity index (χ1) is 6.70. The zero-order valence-electron chi connectivity index (χ0n) is 8.31.